The Labute approximate surface area is 108 Å². The summed E-state index contributed by atoms with van der Waals surface area (Å²) in [7, 11) is 0. The summed E-state index contributed by atoms with van der Waals surface area (Å²) in [6, 6.07) is 7.08. The van der Waals surface area contributed by atoms with Crippen LogP contribution >= 0.6 is 0 Å². The molecule has 0 aliphatic carbocycles. The van der Waals surface area contributed by atoms with E-state index >= 15 is 0 Å². The van der Waals surface area contributed by atoms with Crippen LogP contribution in [0, 0.1) is 0 Å². The lowest BCUT2D eigenvalue weighted by molar-refractivity contribution is 0.0441. The molecule has 2 aliphatic heterocycles. The molecule has 0 spiro atoms. The third kappa shape index (κ3) is 1.87. The van der Waals surface area contributed by atoms with Gasteiger partial charge in [0.15, 0.2) is 0 Å². The van der Waals surface area contributed by atoms with Gasteiger partial charge in [0.2, 0.25) is 0 Å². The van der Waals surface area contributed by atoms with Gasteiger partial charge in [-0.05, 0) is 38.8 Å². The van der Waals surface area contributed by atoms with Crippen molar-refractivity contribution in [2.75, 3.05) is 6.61 Å². The number of phenols is 1. The SMILES string of the molecule is CC1CCCC(C)N1C1COc2cc(O)ccc21. The quantitative estimate of drug-likeness (QED) is 0.827. The van der Waals surface area contributed by atoms with Crippen LogP contribution < -0.4 is 4.74 Å². The number of fused-ring (bicyclic) bond motifs is 1. The zero-order valence-corrected chi connectivity index (χ0v) is 11.1. The molecule has 3 unspecified atom stereocenters. The molecule has 3 heteroatoms. The van der Waals surface area contributed by atoms with Crippen LogP contribution in [0.5, 0.6) is 11.5 Å². The Morgan fingerprint density at radius 2 is 1.94 bits per heavy atom. The zero-order valence-electron chi connectivity index (χ0n) is 11.1. The van der Waals surface area contributed by atoms with Crippen LogP contribution in [-0.2, 0) is 0 Å². The first-order valence-corrected chi connectivity index (χ1v) is 6.90. The normalized spacial score (nSPS) is 32.0. The standard InChI is InChI=1S/C15H21NO2/c1-10-4-3-5-11(2)16(10)14-9-18-15-8-12(17)6-7-13(14)15/h6-8,10-11,14,17H,3-5,9H2,1-2H3. The largest absolute Gasteiger partial charge is 0.508 e. The Hall–Kier alpha value is -1.22. The van der Waals surface area contributed by atoms with E-state index in [-0.39, 0.29) is 5.75 Å². The molecule has 3 atom stereocenters. The topological polar surface area (TPSA) is 32.7 Å². The summed E-state index contributed by atoms with van der Waals surface area (Å²) >= 11 is 0. The minimum Gasteiger partial charge on any atom is -0.508 e. The lowest BCUT2D eigenvalue weighted by Crippen LogP contribution is -2.46. The van der Waals surface area contributed by atoms with Gasteiger partial charge in [-0.3, -0.25) is 4.90 Å². The second kappa shape index (κ2) is 4.47. The predicted octanol–water partition coefficient (Wildman–Crippen LogP) is 3.09. The van der Waals surface area contributed by atoms with Crippen LogP contribution in [0.15, 0.2) is 18.2 Å². The van der Waals surface area contributed by atoms with E-state index in [1.807, 2.05) is 6.07 Å². The van der Waals surface area contributed by atoms with Crippen LogP contribution in [0.1, 0.15) is 44.7 Å². The highest BCUT2D eigenvalue weighted by molar-refractivity contribution is 5.44. The molecule has 1 aromatic rings. The van der Waals surface area contributed by atoms with Gasteiger partial charge in [-0.15, -0.1) is 0 Å². The molecule has 0 saturated carbocycles. The highest BCUT2D eigenvalue weighted by atomic mass is 16.5. The van der Waals surface area contributed by atoms with Gasteiger partial charge in [-0.2, -0.15) is 0 Å². The van der Waals surface area contributed by atoms with Crippen molar-refractivity contribution in [3.05, 3.63) is 23.8 Å². The number of ether oxygens (including phenoxy) is 1. The van der Waals surface area contributed by atoms with Crippen molar-refractivity contribution in [2.45, 2.75) is 51.2 Å². The number of likely N-dealkylation sites (tertiary alicyclic amines) is 1. The summed E-state index contributed by atoms with van der Waals surface area (Å²) in [5, 5.41) is 9.50. The average Bonchev–Trinajstić information content (AvgIpc) is 2.72. The maximum absolute atomic E-state index is 9.50. The molecule has 0 aromatic heterocycles. The summed E-state index contributed by atoms with van der Waals surface area (Å²) in [5.74, 6) is 1.14. The second-order valence-electron chi connectivity index (χ2n) is 5.63. The first kappa shape index (κ1) is 11.8. The van der Waals surface area contributed by atoms with Gasteiger partial charge in [0.05, 0.1) is 6.04 Å². The number of piperidine rings is 1. The molecular formula is C15H21NO2. The van der Waals surface area contributed by atoms with Gasteiger partial charge in [-0.1, -0.05) is 6.42 Å². The number of hydrogen-bond acceptors (Lipinski definition) is 3. The minimum atomic E-state index is 0.286. The number of phenolic OH excluding ortho intramolecular Hbond substituents is 1. The third-order valence-corrected chi connectivity index (χ3v) is 4.37. The van der Waals surface area contributed by atoms with Gasteiger partial charge >= 0.3 is 0 Å². The average molecular weight is 247 g/mol. The van der Waals surface area contributed by atoms with Crippen molar-refractivity contribution in [3.8, 4) is 11.5 Å². The maximum Gasteiger partial charge on any atom is 0.128 e. The molecule has 18 heavy (non-hydrogen) atoms. The Balaban J connectivity index is 1.91. The summed E-state index contributed by atoms with van der Waals surface area (Å²) < 4.78 is 5.74. The van der Waals surface area contributed by atoms with E-state index in [0.717, 1.165) is 5.75 Å². The fourth-order valence-electron chi connectivity index (χ4n) is 3.48. The molecule has 2 heterocycles. The summed E-state index contributed by atoms with van der Waals surface area (Å²) in [6.45, 7) is 5.34. The van der Waals surface area contributed by atoms with Gasteiger partial charge in [0, 0.05) is 23.7 Å². The van der Waals surface area contributed by atoms with Crippen LogP contribution in [-0.4, -0.2) is 28.7 Å². The molecule has 2 aliphatic rings. The van der Waals surface area contributed by atoms with Crippen molar-refractivity contribution in [2.24, 2.45) is 0 Å². The van der Waals surface area contributed by atoms with Crippen LogP contribution in [0.3, 0.4) is 0 Å². The molecule has 0 radical (unpaired) electrons. The molecule has 1 fully saturated rings. The fraction of sp³-hybridized carbons (Fsp3) is 0.600. The minimum absolute atomic E-state index is 0.286. The van der Waals surface area contributed by atoms with E-state index in [1.165, 1.54) is 24.8 Å². The van der Waals surface area contributed by atoms with E-state index in [9.17, 15) is 5.11 Å². The summed E-state index contributed by atoms with van der Waals surface area (Å²) in [6.07, 6.45) is 3.87. The fourth-order valence-corrected chi connectivity index (χ4v) is 3.48. The van der Waals surface area contributed by atoms with Gasteiger partial charge in [-0.25, -0.2) is 0 Å². The zero-order chi connectivity index (χ0) is 12.7. The molecule has 1 saturated heterocycles. The lowest BCUT2D eigenvalue weighted by Gasteiger charge is -2.42. The van der Waals surface area contributed by atoms with E-state index < -0.39 is 0 Å². The summed E-state index contributed by atoms with van der Waals surface area (Å²) in [4.78, 5) is 2.59. The number of benzene rings is 1. The van der Waals surface area contributed by atoms with Crippen LogP contribution in [0.4, 0.5) is 0 Å². The van der Waals surface area contributed by atoms with Crippen molar-refractivity contribution >= 4 is 0 Å². The second-order valence-corrected chi connectivity index (χ2v) is 5.63. The monoisotopic (exact) mass is 247 g/mol. The first-order valence-electron chi connectivity index (χ1n) is 6.90. The molecule has 3 nitrogen and oxygen atoms in total. The highest BCUT2D eigenvalue weighted by Crippen LogP contribution is 2.41. The molecular weight excluding hydrogens is 226 g/mol. The smallest absolute Gasteiger partial charge is 0.128 e. The number of rotatable bonds is 1. The molecule has 0 bridgehead atoms. The molecule has 0 amide bonds. The Kier molecular flexibility index (Phi) is 2.94. The number of hydrogen-bond donors (Lipinski definition) is 1. The Morgan fingerprint density at radius 1 is 1.22 bits per heavy atom. The van der Waals surface area contributed by atoms with Crippen LogP contribution in [0.25, 0.3) is 0 Å². The molecule has 3 rings (SSSR count). The van der Waals surface area contributed by atoms with E-state index in [4.69, 9.17) is 4.74 Å². The van der Waals surface area contributed by atoms with Gasteiger partial charge < -0.3 is 9.84 Å². The number of nitrogens with zero attached hydrogens (tertiary/aromatic N) is 1. The Morgan fingerprint density at radius 3 is 2.67 bits per heavy atom. The van der Waals surface area contributed by atoms with Crippen molar-refractivity contribution in [3.63, 3.8) is 0 Å². The Bertz CT molecular complexity index is 436. The van der Waals surface area contributed by atoms with E-state index in [1.54, 1.807) is 12.1 Å². The third-order valence-electron chi connectivity index (χ3n) is 4.37. The number of aromatic hydroxyl groups is 1. The maximum atomic E-state index is 9.50. The first-order chi connectivity index (χ1) is 8.66. The van der Waals surface area contributed by atoms with E-state index in [0.29, 0.717) is 24.7 Å². The van der Waals surface area contributed by atoms with Gasteiger partial charge in [0.25, 0.3) is 0 Å². The molecule has 1 N–H and O–H groups in total. The van der Waals surface area contributed by atoms with E-state index in [2.05, 4.69) is 18.7 Å². The van der Waals surface area contributed by atoms with Gasteiger partial charge in [0.1, 0.15) is 18.1 Å². The van der Waals surface area contributed by atoms with Crippen molar-refractivity contribution in [1.29, 1.82) is 0 Å². The highest BCUT2D eigenvalue weighted by Gasteiger charge is 2.36. The molecule has 98 valence electrons. The van der Waals surface area contributed by atoms with Crippen molar-refractivity contribution in [1.82, 2.24) is 4.90 Å². The predicted molar refractivity (Wildman–Crippen MR) is 71.0 cm³/mol. The lowest BCUT2D eigenvalue weighted by atomic mass is 9.93. The van der Waals surface area contributed by atoms with Crippen molar-refractivity contribution < 1.29 is 9.84 Å². The summed E-state index contributed by atoms with van der Waals surface area (Å²) in [5.41, 5.74) is 1.23. The molecule has 1 aromatic carbocycles. The van der Waals surface area contributed by atoms with Crippen LogP contribution in [0.2, 0.25) is 0 Å².